The highest BCUT2D eigenvalue weighted by Crippen LogP contribution is 2.48. The van der Waals surface area contributed by atoms with E-state index in [9.17, 15) is 10.2 Å². The van der Waals surface area contributed by atoms with Crippen LogP contribution < -0.4 is 0 Å². The monoisotopic (exact) mass is 170 g/mol. The van der Waals surface area contributed by atoms with Crippen LogP contribution in [0.25, 0.3) is 0 Å². The van der Waals surface area contributed by atoms with Crippen molar-refractivity contribution in [2.75, 3.05) is 0 Å². The Kier molecular flexibility index (Phi) is 1.92. The maximum absolute atomic E-state index is 10.1. The van der Waals surface area contributed by atoms with Gasteiger partial charge in [0.2, 0.25) is 0 Å². The molecule has 0 heterocycles. The smallest absolute Gasteiger partial charge is 0.0700 e. The van der Waals surface area contributed by atoms with Gasteiger partial charge in [-0.05, 0) is 37.5 Å². The van der Waals surface area contributed by atoms with Crippen LogP contribution in [-0.4, -0.2) is 21.9 Å². The Bertz CT molecular complexity index is 177. The first kappa shape index (κ1) is 8.52. The molecule has 3 unspecified atom stereocenters. The largest absolute Gasteiger partial charge is 0.393 e. The molecule has 0 aromatic carbocycles. The highest BCUT2D eigenvalue weighted by Gasteiger charge is 2.47. The predicted octanol–water partition coefficient (Wildman–Crippen LogP) is 1.31. The lowest BCUT2D eigenvalue weighted by molar-refractivity contribution is -0.0797. The Hall–Kier alpha value is -0.0800. The molecule has 0 bridgehead atoms. The zero-order chi connectivity index (χ0) is 8.77. The third-order valence-corrected chi connectivity index (χ3v) is 3.59. The van der Waals surface area contributed by atoms with Crippen LogP contribution in [0.2, 0.25) is 0 Å². The highest BCUT2D eigenvalue weighted by atomic mass is 16.3. The van der Waals surface area contributed by atoms with E-state index < -0.39 is 5.60 Å². The predicted molar refractivity (Wildman–Crippen MR) is 46.7 cm³/mol. The summed E-state index contributed by atoms with van der Waals surface area (Å²) in [5.41, 5.74) is -0.508. The molecule has 0 aliphatic heterocycles. The standard InChI is InChI=1S/C10H18O2/c1-7-4-5-10(12,6-9(7)11)8-2-3-8/h7-9,11-12H,2-6H2,1H3. The third-order valence-electron chi connectivity index (χ3n) is 3.59. The first-order chi connectivity index (χ1) is 5.62. The summed E-state index contributed by atoms with van der Waals surface area (Å²) in [5.74, 6) is 0.878. The van der Waals surface area contributed by atoms with E-state index >= 15 is 0 Å². The molecule has 2 N–H and O–H groups in total. The average Bonchev–Trinajstić information content (AvgIpc) is 2.79. The van der Waals surface area contributed by atoms with E-state index in [1.165, 1.54) is 0 Å². The molecule has 12 heavy (non-hydrogen) atoms. The van der Waals surface area contributed by atoms with E-state index in [-0.39, 0.29) is 6.10 Å². The summed E-state index contributed by atoms with van der Waals surface area (Å²) in [6, 6.07) is 0. The molecule has 2 saturated carbocycles. The lowest BCUT2D eigenvalue weighted by atomic mass is 9.75. The van der Waals surface area contributed by atoms with Gasteiger partial charge < -0.3 is 10.2 Å². The molecule has 0 aromatic rings. The van der Waals surface area contributed by atoms with E-state index in [0.717, 1.165) is 25.7 Å². The van der Waals surface area contributed by atoms with E-state index in [2.05, 4.69) is 6.92 Å². The molecule has 2 heteroatoms. The molecule has 2 aliphatic rings. The fourth-order valence-electron chi connectivity index (χ4n) is 2.33. The van der Waals surface area contributed by atoms with Gasteiger partial charge in [0.25, 0.3) is 0 Å². The minimum Gasteiger partial charge on any atom is -0.393 e. The van der Waals surface area contributed by atoms with Gasteiger partial charge in [0.1, 0.15) is 0 Å². The molecule has 2 aliphatic carbocycles. The summed E-state index contributed by atoms with van der Waals surface area (Å²) in [4.78, 5) is 0. The third kappa shape index (κ3) is 1.38. The van der Waals surface area contributed by atoms with Gasteiger partial charge in [0.15, 0.2) is 0 Å². The van der Waals surface area contributed by atoms with Crippen LogP contribution in [0, 0.1) is 11.8 Å². The Morgan fingerprint density at radius 3 is 2.42 bits per heavy atom. The van der Waals surface area contributed by atoms with Gasteiger partial charge in [-0.25, -0.2) is 0 Å². The molecule has 2 nitrogen and oxygen atoms in total. The van der Waals surface area contributed by atoms with E-state index in [1.807, 2.05) is 0 Å². The Morgan fingerprint density at radius 1 is 1.25 bits per heavy atom. The van der Waals surface area contributed by atoms with E-state index in [1.54, 1.807) is 0 Å². The second-order valence-electron chi connectivity index (χ2n) is 4.67. The Labute approximate surface area is 73.6 Å². The lowest BCUT2D eigenvalue weighted by Gasteiger charge is -2.38. The van der Waals surface area contributed by atoms with Gasteiger partial charge in [-0.15, -0.1) is 0 Å². The minimum absolute atomic E-state index is 0.274. The summed E-state index contributed by atoms with van der Waals surface area (Å²) < 4.78 is 0. The summed E-state index contributed by atoms with van der Waals surface area (Å²) in [5, 5.41) is 19.8. The second kappa shape index (κ2) is 2.71. The summed E-state index contributed by atoms with van der Waals surface area (Å²) in [6.07, 6.45) is 4.54. The highest BCUT2D eigenvalue weighted by molar-refractivity contribution is 4.99. The first-order valence-corrected chi connectivity index (χ1v) is 5.02. The van der Waals surface area contributed by atoms with Crippen molar-refractivity contribution in [1.29, 1.82) is 0 Å². The van der Waals surface area contributed by atoms with Crippen LogP contribution in [0.1, 0.15) is 39.0 Å². The maximum Gasteiger partial charge on any atom is 0.0700 e. The van der Waals surface area contributed by atoms with Gasteiger partial charge in [0.05, 0.1) is 11.7 Å². The molecule has 0 spiro atoms. The molecule has 0 radical (unpaired) electrons. The van der Waals surface area contributed by atoms with Crippen molar-refractivity contribution in [2.24, 2.45) is 11.8 Å². The number of aliphatic hydroxyl groups excluding tert-OH is 1. The van der Waals surface area contributed by atoms with Crippen LogP contribution in [0.5, 0.6) is 0 Å². The zero-order valence-corrected chi connectivity index (χ0v) is 7.66. The summed E-state index contributed by atoms with van der Waals surface area (Å²) in [7, 11) is 0. The molecule has 70 valence electrons. The zero-order valence-electron chi connectivity index (χ0n) is 7.66. The first-order valence-electron chi connectivity index (χ1n) is 5.02. The average molecular weight is 170 g/mol. The van der Waals surface area contributed by atoms with Crippen LogP contribution in [0.3, 0.4) is 0 Å². The summed E-state index contributed by atoms with van der Waals surface area (Å²) >= 11 is 0. The van der Waals surface area contributed by atoms with Gasteiger partial charge in [-0.2, -0.15) is 0 Å². The SMILES string of the molecule is CC1CCC(O)(C2CC2)CC1O. The van der Waals surface area contributed by atoms with Crippen molar-refractivity contribution in [1.82, 2.24) is 0 Å². The number of rotatable bonds is 1. The van der Waals surface area contributed by atoms with Crippen molar-refractivity contribution in [3.8, 4) is 0 Å². The van der Waals surface area contributed by atoms with Crippen LogP contribution >= 0.6 is 0 Å². The molecular weight excluding hydrogens is 152 g/mol. The van der Waals surface area contributed by atoms with Crippen molar-refractivity contribution < 1.29 is 10.2 Å². The van der Waals surface area contributed by atoms with E-state index in [4.69, 9.17) is 0 Å². The van der Waals surface area contributed by atoms with Crippen LogP contribution in [-0.2, 0) is 0 Å². The maximum atomic E-state index is 10.1. The topological polar surface area (TPSA) is 40.5 Å². The number of aliphatic hydroxyl groups is 2. The molecule has 2 rings (SSSR count). The number of hydrogen-bond acceptors (Lipinski definition) is 2. The normalized spacial score (nSPS) is 49.2. The van der Waals surface area contributed by atoms with Gasteiger partial charge in [-0.3, -0.25) is 0 Å². The molecule has 0 aromatic heterocycles. The van der Waals surface area contributed by atoms with Gasteiger partial charge in [0, 0.05) is 6.42 Å². The quantitative estimate of drug-likeness (QED) is 0.623. The minimum atomic E-state index is -0.508. The van der Waals surface area contributed by atoms with Crippen molar-refractivity contribution >= 4 is 0 Å². The summed E-state index contributed by atoms with van der Waals surface area (Å²) in [6.45, 7) is 2.07. The molecule has 3 atom stereocenters. The van der Waals surface area contributed by atoms with Crippen LogP contribution in [0.15, 0.2) is 0 Å². The van der Waals surface area contributed by atoms with Crippen molar-refractivity contribution in [3.63, 3.8) is 0 Å². The Morgan fingerprint density at radius 2 is 1.92 bits per heavy atom. The fraction of sp³-hybridized carbons (Fsp3) is 1.00. The van der Waals surface area contributed by atoms with Crippen LogP contribution in [0.4, 0.5) is 0 Å². The lowest BCUT2D eigenvalue weighted by Crippen LogP contribution is -2.42. The molecular formula is C10H18O2. The molecule has 0 saturated heterocycles. The van der Waals surface area contributed by atoms with Crippen molar-refractivity contribution in [3.05, 3.63) is 0 Å². The van der Waals surface area contributed by atoms with E-state index in [0.29, 0.717) is 18.3 Å². The Balaban J connectivity index is 2.00. The second-order valence-corrected chi connectivity index (χ2v) is 4.67. The molecule has 0 amide bonds. The number of hydrogen-bond donors (Lipinski definition) is 2. The molecule has 2 fully saturated rings. The fourth-order valence-corrected chi connectivity index (χ4v) is 2.33. The van der Waals surface area contributed by atoms with Crippen molar-refractivity contribution in [2.45, 2.75) is 50.7 Å². The van der Waals surface area contributed by atoms with Gasteiger partial charge in [-0.1, -0.05) is 6.92 Å². The van der Waals surface area contributed by atoms with Gasteiger partial charge >= 0.3 is 0 Å².